The van der Waals surface area contributed by atoms with Crippen LogP contribution < -0.4 is 5.32 Å². The Balaban J connectivity index is 1.93. The normalized spacial score (nSPS) is 10.4. The van der Waals surface area contributed by atoms with Gasteiger partial charge in [-0.15, -0.1) is 0 Å². The fraction of sp³-hybridized carbons (Fsp3) is 0.133. The minimum atomic E-state index is -0.667. The average Bonchev–Trinajstić information content (AvgIpc) is 2.40. The second kappa shape index (κ2) is 6.21. The molecule has 0 saturated heterocycles. The van der Waals surface area contributed by atoms with E-state index in [1.54, 1.807) is 0 Å². The number of rotatable bonds is 4. The van der Waals surface area contributed by atoms with Gasteiger partial charge in [-0.25, -0.2) is 8.78 Å². The highest BCUT2D eigenvalue weighted by molar-refractivity contribution is 5.94. The Morgan fingerprint density at radius 2 is 1.67 bits per heavy atom. The minimum absolute atomic E-state index is 0.177. The van der Waals surface area contributed by atoms with E-state index in [0.717, 1.165) is 12.1 Å². The highest BCUT2D eigenvalue weighted by Crippen LogP contribution is 2.24. The van der Waals surface area contributed by atoms with Crippen LogP contribution in [-0.4, -0.2) is 22.7 Å². The van der Waals surface area contributed by atoms with Crippen molar-refractivity contribution in [3.8, 4) is 11.5 Å². The van der Waals surface area contributed by atoms with Crippen LogP contribution in [0.3, 0.4) is 0 Å². The molecule has 4 nitrogen and oxygen atoms in total. The van der Waals surface area contributed by atoms with Gasteiger partial charge in [-0.3, -0.25) is 4.79 Å². The number of benzene rings is 2. The lowest BCUT2D eigenvalue weighted by atomic mass is 10.1. The average molecular weight is 293 g/mol. The van der Waals surface area contributed by atoms with Crippen molar-refractivity contribution >= 4 is 5.91 Å². The Morgan fingerprint density at radius 3 is 2.29 bits per heavy atom. The molecule has 6 heteroatoms. The molecular formula is C15H13F2NO3. The van der Waals surface area contributed by atoms with Crippen LogP contribution >= 0.6 is 0 Å². The summed E-state index contributed by atoms with van der Waals surface area (Å²) in [6.07, 6.45) is 0.268. The first-order chi connectivity index (χ1) is 9.95. The molecule has 0 aromatic heterocycles. The number of hydrogen-bond acceptors (Lipinski definition) is 3. The predicted molar refractivity (Wildman–Crippen MR) is 72.2 cm³/mol. The van der Waals surface area contributed by atoms with E-state index >= 15 is 0 Å². The van der Waals surface area contributed by atoms with Gasteiger partial charge in [-0.1, -0.05) is 0 Å². The number of carbonyl (C=O) groups is 1. The summed E-state index contributed by atoms with van der Waals surface area (Å²) in [7, 11) is 0. The third kappa shape index (κ3) is 3.92. The molecule has 0 spiro atoms. The number of carbonyl (C=O) groups excluding carboxylic acids is 1. The fourth-order valence-electron chi connectivity index (χ4n) is 1.84. The van der Waals surface area contributed by atoms with Crippen molar-refractivity contribution in [2.45, 2.75) is 6.42 Å². The summed E-state index contributed by atoms with van der Waals surface area (Å²) in [5, 5.41) is 21.0. The molecule has 0 radical (unpaired) electrons. The maximum Gasteiger partial charge on any atom is 0.251 e. The van der Waals surface area contributed by atoms with Crippen LogP contribution in [0.25, 0.3) is 0 Å². The second-order valence-electron chi connectivity index (χ2n) is 4.49. The molecule has 110 valence electrons. The van der Waals surface area contributed by atoms with E-state index in [2.05, 4.69) is 5.32 Å². The highest BCUT2D eigenvalue weighted by atomic mass is 19.1. The van der Waals surface area contributed by atoms with Crippen molar-refractivity contribution in [1.29, 1.82) is 0 Å². The van der Waals surface area contributed by atoms with Gasteiger partial charge < -0.3 is 15.5 Å². The van der Waals surface area contributed by atoms with Gasteiger partial charge in [0, 0.05) is 18.2 Å². The van der Waals surface area contributed by atoms with E-state index in [1.807, 2.05) is 0 Å². The van der Waals surface area contributed by atoms with Gasteiger partial charge in [-0.2, -0.15) is 0 Å². The first-order valence-corrected chi connectivity index (χ1v) is 6.21. The van der Waals surface area contributed by atoms with E-state index in [-0.39, 0.29) is 24.3 Å². The van der Waals surface area contributed by atoms with Crippen molar-refractivity contribution in [3.63, 3.8) is 0 Å². The van der Waals surface area contributed by atoms with Crippen molar-refractivity contribution < 1.29 is 23.8 Å². The molecule has 0 aliphatic heterocycles. The van der Waals surface area contributed by atoms with Crippen LogP contribution in [0, 0.1) is 11.6 Å². The largest absolute Gasteiger partial charge is 0.504 e. The summed E-state index contributed by atoms with van der Waals surface area (Å²) in [5.41, 5.74) is 0.608. The lowest BCUT2D eigenvalue weighted by Crippen LogP contribution is -2.25. The molecule has 1 amide bonds. The summed E-state index contributed by atoms with van der Waals surface area (Å²) < 4.78 is 26.0. The van der Waals surface area contributed by atoms with E-state index in [0.29, 0.717) is 5.56 Å². The van der Waals surface area contributed by atoms with Crippen LogP contribution in [0.1, 0.15) is 15.9 Å². The third-order valence-corrected chi connectivity index (χ3v) is 2.86. The van der Waals surface area contributed by atoms with Crippen molar-refractivity contribution in [3.05, 3.63) is 59.2 Å². The van der Waals surface area contributed by atoms with E-state index in [4.69, 9.17) is 5.11 Å². The zero-order chi connectivity index (χ0) is 15.4. The summed E-state index contributed by atoms with van der Waals surface area (Å²) in [5.74, 6) is -2.50. The number of phenols is 2. The maximum atomic E-state index is 13.0. The van der Waals surface area contributed by atoms with Gasteiger partial charge in [0.25, 0.3) is 5.91 Å². The zero-order valence-corrected chi connectivity index (χ0v) is 10.9. The van der Waals surface area contributed by atoms with Gasteiger partial charge in [0.15, 0.2) is 11.5 Å². The Labute approximate surface area is 119 Å². The number of halogens is 2. The lowest BCUT2D eigenvalue weighted by Gasteiger charge is -2.07. The summed E-state index contributed by atoms with van der Waals surface area (Å²) in [6, 6.07) is 6.86. The SMILES string of the molecule is O=C(NCCc1cc(F)cc(F)c1)c1ccc(O)c(O)c1. The number of amides is 1. The van der Waals surface area contributed by atoms with E-state index in [9.17, 15) is 18.7 Å². The van der Waals surface area contributed by atoms with Crippen LogP contribution in [0.4, 0.5) is 8.78 Å². The number of nitrogens with one attached hydrogen (secondary N) is 1. The Hall–Kier alpha value is -2.63. The first-order valence-electron chi connectivity index (χ1n) is 6.21. The lowest BCUT2D eigenvalue weighted by molar-refractivity contribution is 0.0953. The van der Waals surface area contributed by atoms with Gasteiger partial charge in [0.2, 0.25) is 0 Å². The Kier molecular flexibility index (Phi) is 4.37. The molecule has 0 heterocycles. The van der Waals surface area contributed by atoms with E-state index < -0.39 is 23.3 Å². The van der Waals surface area contributed by atoms with Crippen molar-refractivity contribution in [2.75, 3.05) is 6.54 Å². The molecule has 0 aliphatic carbocycles. The summed E-state index contributed by atoms with van der Waals surface area (Å²) in [6.45, 7) is 0.184. The Morgan fingerprint density at radius 1 is 1.00 bits per heavy atom. The third-order valence-electron chi connectivity index (χ3n) is 2.86. The van der Waals surface area contributed by atoms with Crippen LogP contribution in [-0.2, 0) is 6.42 Å². The van der Waals surface area contributed by atoms with Gasteiger partial charge in [-0.05, 0) is 42.3 Å². The fourth-order valence-corrected chi connectivity index (χ4v) is 1.84. The number of aromatic hydroxyl groups is 2. The quantitative estimate of drug-likeness (QED) is 0.758. The molecule has 3 N–H and O–H groups in total. The Bertz CT molecular complexity index is 654. The topological polar surface area (TPSA) is 69.6 Å². The molecule has 2 rings (SSSR count). The first kappa shape index (κ1) is 14.8. The molecule has 0 fully saturated rings. The number of phenolic OH excluding ortho intramolecular Hbond substituents is 2. The molecule has 0 saturated carbocycles. The summed E-state index contributed by atoms with van der Waals surface area (Å²) >= 11 is 0. The molecule has 0 atom stereocenters. The number of hydrogen-bond donors (Lipinski definition) is 3. The standard InChI is InChI=1S/C15H13F2NO3/c16-11-5-9(6-12(17)8-11)3-4-18-15(21)10-1-2-13(19)14(20)7-10/h1-2,5-8,19-20H,3-4H2,(H,18,21). The summed E-state index contributed by atoms with van der Waals surface area (Å²) in [4.78, 5) is 11.8. The smallest absolute Gasteiger partial charge is 0.251 e. The molecule has 0 unspecified atom stereocenters. The van der Waals surface area contributed by atoms with Crippen LogP contribution in [0.5, 0.6) is 11.5 Å². The predicted octanol–water partition coefficient (Wildman–Crippen LogP) is 2.35. The van der Waals surface area contributed by atoms with Crippen LogP contribution in [0.2, 0.25) is 0 Å². The monoisotopic (exact) mass is 293 g/mol. The molecular weight excluding hydrogens is 280 g/mol. The molecule has 2 aromatic rings. The van der Waals surface area contributed by atoms with Crippen molar-refractivity contribution in [1.82, 2.24) is 5.32 Å². The van der Waals surface area contributed by atoms with Crippen LogP contribution in [0.15, 0.2) is 36.4 Å². The maximum absolute atomic E-state index is 13.0. The second-order valence-corrected chi connectivity index (χ2v) is 4.49. The molecule has 0 aliphatic rings. The molecule has 21 heavy (non-hydrogen) atoms. The van der Waals surface area contributed by atoms with Gasteiger partial charge in [0.1, 0.15) is 11.6 Å². The van der Waals surface area contributed by atoms with Crippen molar-refractivity contribution in [2.24, 2.45) is 0 Å². The van der Waals surface area contributed by atoms with E-state index in [1.165, 1.54) is 24.3 Å². The molecule has 0 bridgehead atoms. The minimum Gasteiger partial charge on any atom is -0.504 e. The zero-order valence-electron chi connectivity index (χ0n) is 10.9. The van der Waals surface area contributed by atoms with Gasteiger partial charge in [0.05, 0.1) is 0 Å². The highest BCUT2D eigenvalue weighted by Gasteiger charge is 2.08. The van der Waals surface area contributed by atoms with Gasteiger partial charge >= 0.3 is 0 Å². The molecule has 2 aromatic carbocycles.